The molecule has 0 aromatic heterocycles. The van der Waals surface area contributed by atoms with Gasteiger partial charge in [-0.1, -0.05) is 25.3 Å². The molecule has 0 spiro atoms. The molecule has 2 saturated carbocycles. The van der Waals surface area contributed by atoms with Crippen LogP contribution in [0.1, 0.15) is 108 Å². The van der Waals surface area contributed by atoms with Crippen molar-refractivity contribution in [1.29, 1.82) is 0 Å². The van der Waals surface area contributed by atoms with E-state index in [1.807, 2.05) is 24.3 Å². The zero-order chi connectivity index (χ0) is 54.9. The van der Waals surface area contributed by atoms with E-state index in [-0.39, 0.29) is 60.0 Å². The Balaban J connectivity index is 1.03. The number of benzene rings is 3. The lowest BCUT2D eigenvalue weighted by Gasteiger charge is -2.26. The van der Waals surface area contributed by atoms with Crippen molar-refractivity contribution in [2.45, 2.75) is 109 Å². The number of carbonyl (C=O) groups is 6. The number of hydrogen-bond acceptors (Lipinski definition) is 17. The number of rotatable bonds is 37. The van der Waals surface area contributed by atoms with Crippen molar-refractivity contribution >= 4 is 35.6 Å². The minimum absolute atomic E-state index is 0.110. The quantitative estimate of drug-likeness (QED) is 0.0228. The third-order valence-electron chi connectivity index (χ3n) is 13.3. The molecule has 2 aliphatic rings. The molecule has 77 heavy (non-hydrogen) atoms. The van der Waals surface area contributed by atoms with E-state index in [1.165, 1.54) is 6.07 Å². The molecular weight excluding hydrogens is 993 g/mol. The second-order valence-corrected chi connectivity index (χ2v) is 19.1. The monoisotopic (exact) mass is 1070 g/mol. The zero-order valence-electron chi connectivity index (χ0n) is 44.8. The second-order valence-electron chi connectivity index (χ2n) is 19.1. The summed E-state index contributed by atoms with van der Waals surface area (Å²) in [4.78, 5) is 75.8. The van der Waals surface area contributed by atoms with Crippen LogP contribution in [0.3, 0.4) is 0 Å². The summed E-state index contributed by atoms with van der Waals surface area (Å²) < 4.78 is 61.3. The van der Waals surface area contributed by atoms with Crippen molar-refractivity contribution in [2.24, 2.45) is 23.7 Å². The molecule has 0 atom stereocenters. The third-order valence-corrected chi connectivity index (χ3v) is 13.3. The van der Waals surface area contributed by atoms with Crippen molar-refractivity contribution in [1.82, 2.24) is 0 Å². The fourth-order valence-electron chi connectivity index (χ4n) is 8.84. The van der Waals surface area contributed by atoms with Gasteiger partial charge in [0.2, 0.25) is 0 Å². The van der Waals surface area contributed by atoms with Gasteiger partial charge in [0.25, 0.3) is 0 Å². The molecule has 0 heterocycles. The van der Waals surface area contributed by atoms with Crippen molar-refractivity contribution in [3.63, 3.8) is 0 Å². The maximum Gasteiger partial charge on any atom is 0.330 e. The van der Waals surface area contributed by atoms with E-state index >= 15 is 0 Å². The Labute approximate surface area is 453 Å². The molecule has 0 N–H and O–H groups in total. The summed E-state index contributed by atoms with van der Waals surface area (Å²) in [6.07, 6.45) is 13.6. The second kappa shape index (κ2) is 35.7. The summed E-state index contributed by atoms with van der Waals surface area (Å²) in [6.45, 7) is 10.6. The highest BCUT2D eigenvalue weighted by molar-refractivity contribution is 5.84. The molecule has 2 fully saturated rings. The summed E-state index contributed by atoms with van der Waals surface area (Å²) in [7, 11) is 1.60. The van der Waals surface area contributed by atoms with Gasteiger partial charge in [-0.2, -0.15) is 0 Å². The van der Waals surface area contributed by atoms with Gasteiger partial charge < -0.3 is 52.1 Å². The van der Waals surface area contributed by atoms with E-state index in [4.69, 9.17) is 52.1 Å². The Bertz CT molecular complexity index is 2280. The van der Waals surface area contributed by atoms with E-state index in [9.17, 15) is 28.8 Å². The molecular formula is C60H78O17. The Morgan fingerprint density at radius 1 is 0.429 bits per heavy atom. The number of methoxy groups -OCH3 is 1. The van der Waals surface area contributed by atoms with Crippen LogP contribution in [0.15, 0.2) is 92.0 Å². The molecule has 0 saturated heterocycles. The number of unbranched alkanes of at least 4 members (excludes halogenated alkanes) is 6. The highest BCUT2D eigenvalue weighted by Gasteiger charge is 2.34. The summed E-state index contributed by atoms with van der Waals surface area (Å²) in [5.74, 6) is -0.886. The predicted molar refractivity (Wildman–Crippen MR) is 285 cm³/mol. The van der Waals surface area contributed by atoms with Crippen LogP contribution in [0.4, 0.5) is 0 Å². The normalized spacial score (nSPS) is 17.0. The molecule has 0 radical (unpaired) electrons. The molecule has 17 nitrogen and oxygen atoms in total. The maximum absolute atomic E-state index is 13.6. The molecule has 0 amide bonds. The minimum Gasteiger partial charge on any atom is -0.494 e. The summed E-state index contributed by atoms with van der Waals surface area (Å²) >= 11 is 0. The number of Topliss-reactive ketones (excluding diaryl/α,β-unsaturated/α-hetero) is 1. The smallest absolute Gasteiger partial charge is 0.330 e. The van der Waals surface area contributed by atoms with Gasteiger partial charge >= 0.3 is 29.8 Å². The summed E-state index contributed by atoms with van der Waals surface area (Å²) in [5.41, 5.74) is 0.906. The topological polar surface area (TPSA) is 204 Å². The van der Waals surface area contributed by atoms with E-state index in [1.54, 1.807) is 43.5 Å². The molecule has 2 aliphatic carbocycles. The highest BCUT2D eigenvalue weighted by atomic mass is 16.6. The average molecular weight is 1070 g/mol. The van der Waals surface area contributed by atoms with Gasteiger partial charge in [0.05, 0.1) is 77.2 Å². The van der Waals surface area contributed by atoms with Gasteiger partial charge in [0.15, 0.2) is 11.5 Å². The molecule has 0 bridgehead atoms. The van der Waals surface area contributed by atoms with Crippen LogP contribution in [-0.4, -0.2) is 109 Å². The van der Waals surface area contributed by atoms with Gasteiger partial charge in [0.1, 0.15) is 35.4 Å². The molecule has 5 rings (SSSR count). The van der Waals surface area contributed by atoms with Crippen LogP contribution < -0.4 is 28.4 Å². The first-order valence-corrected chi connectivity index (χ1v) is 27.2. The Kier molecular flexibility index (Phi) is 28.4. The Morgan fingerprint density at radius 3 is 1.35 bits per heavy atom. The lowest BCUT2D eigenvalue weighted by Crippen LogP contribution is -2.30. The number of ketones is 1. The van der Waals surface area contributed by atoms with Crippen molar-refractivity contribution < 1.29 is 80.9 Å². The fourth-order valence-corrected chi connectivity index (χ4v) is 8.84. The summed E-state index contributed by atoms with van der Waals surface area (Å²) in [6, 6.07) is 19.1. The predicted octanol–water partition coefficient (Wildman–Crippen LogP) is 9.92. The minimum atomic E-state index is -0.459. The van der Waals surface area contributed by atoms with Crippen molar-refractivity contribution in [2.75, 3.05) is 73.2 Å². The van der Waals surface area contributed by atoms with E-state index in [0.29, 0.717) is 122 Å². The summed E-state index contributed by atoms with van der Waals surface area (Å²) in [5, 5.41) is 0. The highest BCUT2D eigenvalue weighted by Crippen LogP contribution is 2.37. The average Bonchev–Trinajstić information content (AvgIpc) is 3.45. The fraction of sp³-hybridized carbons (Fsp3) is 0.533. The third kappa shape index (κ3) is 23.7. The Hall–Kier alpha value is -6.56. The SMILES string of the molecule is C=CC(=O)OCCCCCCOc1ccc(CC(=O)[C@H]2CC[C@H](C(=O)Oc3ccc(OC(=O)[C@H]4CC[C@H](C(=O)Oc5ccc(OCCCCCCOC(=O)C=C)cc5)CC4)c(OCCOCCOCCOC)c3)CC2)cc1. The van der Waals surface area contributed by atoms with Crippen LogP contribution in [-0.2, 0) is 58.9 Å². The lowest BCUT2D eigenvalue weighted by atomic mass is 9.79. The zero-order valence-corrected chi connectivity index (χ0v) is 44.8. The molecule has 17 heteroatoms. The van der Waals surface area contributed by atoms with E-state index in [0.717, 1.165) is 74.8 Å². The number of hydrogen-bond donors (Lipinski definition) is 0. The molecule has 3 aromatic rings. The first kappa shape index (κ1) is 61.3. The molecule has 0 unspecified atom stereocenters. The molecule has 420 valence electrons. The van der Waals surface area contributed by atoms with Crippen LogP contribution in [0.2, 0.25) is 0 Å². The number of ether oxygens (including phenoxy) is 11. The van der Waals surface area contributed by atoms with Gasteiger partial charge in [-0.15, -0.1) is 0 Å². The van der Waals surface area contributed by atoms with Crippen molar-refractivity contribution in [3.05, 3.63) is 97.6 Å². The van der Waals surface area contributed by atoms with Gasteiger partial charge in [-0.25, -0.2) is 9.59 Å². The maximum atomic E-state index is 13.6. The largest absolute Gasteiger partial charge is 0.494 e. The van der Waals surface area contributed by atoms with E-state index in [2.05, 4.69) is 13.2 Å². The van der Waals surface area contributed by atoms with Gasteiger partial charge in [-0.05, 0) is 157 Å². The van der Waals surface area contributed by atoms with Crippen LogP contribution in [0, 0.1) is 23.7 Å². The lowest BCUT2D eigenvalue weighted by molar-refractivity contribution is -0.145. The van der Waals surface area contributed by atoms with Gasteiger partial charge in [0, 0.05) is 37.7 Å². The van der Waals surface area contributed by atoms with E-state index < -0.39 is 29.8 Å². The molecule has 0 aliphatic heterocycles. The van der Waals surface area contributed by atoms with Crippen molar-refractivity contribution in [3.8, 4) is 34.5 Å². The first-order chi connectivity index (χ1) is 37.5. The van der Waals surface area contributed by atoms with Crippen LogP contribution in [0.25, 0.3) is 0 Å². The standard InChI is InChI=1S/C60H78O17/c1-4-56(62)73-34-12-8-6-10-32-70-49-24-14-44(15-25-49)42-53(61)45-16-18-46(19-17-45)59(65)76-52-30-31-54(55(43-52)72-41-40-69-39-38-68-37-36-67-3)77-60(66)48-22-20-47(21-23-48)58(64)75-51-28-26-50(27-29-51)71-33-11-7-9-13-35-74-57(63)5-2/h4-5,14-15,24-31,43,45-48H,1-2,6-13,16-23,32-42H2,3H3/t45-,46-,47-,48-. The number of esters is 5. The Morgan fingerprint density at radius 2 is 0.844 bits per heavy atom. The molecule has 3 aromatic carbocycles. The van der Waals surface area contributed by atoms with Gasteiger partial charge in [-0.3, -0.25) is 19.2 Å². The first-order valence-electron chi connectivity index (χ1n) is 27.2. The van der Waals surface area contributed by atoms with Crippen LogP contribution >= 0.6 is 0 Å². The number of carbonyl (C=O) groups excluding carboxylic acids is 6. The van der Waals surface area contributed by atoms with Crippen LogP contribution in [0.5, 0.6) is 34.5 Å².